The topological polar surface area (TPSA) is 78.5 Å². The van der Waals surface area contributed by atoms with Gasteiger partial charge in [0, 0.05) is 17.5 Å². The molecule has 1 saturated carbocycles. The van der Waals surface area contributed by atoms with Gasteiger partial charge in [-0.1, -0.05) is 12.8 Å². The summed E-state index contributed by atoms with van der Waals surface area (Å²) in [5.74, 6) is 3.75. The zero-order chi connectivity index (χ0) is 19.7. The number of aromatic amines is 1. The molecule has 7 heteroatoms. The van der Waals surface area contributed by atoms with Gasteiger partial charge in [-0.05, 0) is 43.6 Å². The summed E-state index contributed by atoms with van der Waals surface area (Å²) in [6.07, 6.45) is 9.92. The van der Waals surface area contributed by atoms with Gasteiger partial charge < -0.3 is 14.8 Å². The molecule has 0 aliphatic heterocycles. The molecule has 0 aromatic carbocycles. The number of H-pyrrole nitrogens is 1. The van der Waals surface area contributed by atoms with Gasteiger partial charge in [-0.2, -0.15) is 0 Å². The van der Waals surface area contributed by atoms with Crippen molar-refractivity contribution in [3.63, 3.8) is 0 Å². The minimum Gasteiger partial charge on any atom is -0.389 e. The minimum absolute atomic E-state index is 0.0271. The first-order chi connectivity index (χ1) is 13.5. The average molecular weight is 402 g/mol. The van der Waals surface area contributed by atoms with E-state index in [4.69, 9.17) is 16.1 Å². The van der Waals surface area contributed by atoms with Gasteiger partial charge in [0.05, 0.1) is 24.6 Å². The van der Waals surface area contributed by atoms with Crippen LogP contribution in [0.15, 0.2) is 4.79 Å². The summed E-state index contributed by atoms with van der Waals surface area (Å²) >= 11 is 1.67. The molecule has 2 aromatic heterocycles. The van der Waals surface area contributed by atoms with Crippen molar-refractivity contribution in [3.05, 3.63) is 26.6 Å². The van der Waals surface area contributed by atoms with Crippen LogP contribution >= 0.6 is 11.3 Å². The van der Waals surface area contributed by atoms with Crippen LogP contribution in [0.3, 0.4) is 0 Å². The van der Waals surface area contributed by atoms with Crippen molar-refractivity contribution in [1.29, 1.82) is 0 Å². The quantitative estimate of drug-likeness (QED) is 0.523. The van der Waals surface area contributed by atoms with Gasteiger partial charge in [0.1, 0.15) is 17.3 Å². The van der Waals surface area contributed by atoms with Crippen molar-refractivity contribution in [1.82, 2.24) is 14.9 Å². The second kappa shape index (κ2) is 8.34. The van der Waals surface area contributed by atoms with Crippen molar-refractivity contribution in [2.45, 2.75) is 57.7 Å². The summed E-state index contributed by atoms with van der Waals surface area (Å²) in [6, 6.07) is 0.431. The van der Waals surface area contributed by atoms with Crippen molar-refractivity contribution < 1.29 is 9.84 Å². The number of hydrogen-bond donors (Lipinski definition) is 2. The molecule has 1 fully saturated rings. The lowest BCUT2D eigenvalue weighted by Crippen LogP contribution is -2.37. The predicted octanol–water partition coefficient (Wildman–Crippen LogP) is 2.08. The van der Waals surface area contributed by atoms with Gasteiger partial charge in [0.15, 0.2) is 0 Å². The molecule has 2 aromatic rings. The lowest BCUT2D eigenvalue weighted by atomic mass is 9.89. The van der Waals surface area contributed by atoms with E-state index in [1.165, 1.54) is 10.4 Å². The summed E-state index contributed by atoms with van der Waals surface area (Å²) in [4.78, 5) is 24.9. The van der Waals surface area contributed by atoms with Crippen LogP contribution in [0, 0.1) is 18.3 Å². The monoisotopic (exact) mass is 401 g/mol. The number of aliphatic hydroxyl groups excluding tert-OH is 1. The van der Waals surface area contributed by atoms with Crippen LogP contribution in [0.5, 0.6) is 0 Å². The van der Waals surface area contributed by atoms with Crippen LogP contribution in [0.2, 0.25) is 0 Å². The summed E-state index contributed by atoms with van der Waals surface area (Å²) in [5, 5.41) is 11.0. The third kappa shape index (κ3) is 4.31. The van der Waals surface area contributed by atoms with Gasteiger partial charge in [-0.3, -0.25) is 9.69 Å². The SMILES string of the molecule is C#CCOC[C@@H](O)CN(Cc1nc2sc3c(c2c(=O)[nH]1)CC[C@@H](C)C3)C1CC1. The molecule has 0 bridgehead atoms. The van der Waals surface area contributed by atoms with Crippen molar-refractivity contribution in [3.8, 4) is 12.3 Å². The summed E-state index contributed by atoms with van der Waals surface area (Å²) in [6.45, 7) is 3.69. The van der Waals surface area contributed by atoms with E-state index in [1.54, 1.807) is 11.3 Å². The largest absolute Gasteiger partial charge is 0.389 e. The van der Waals surface area contributed by atoms with E-state index < -0.39 is 6.10 Å². The molecule has 0 unspecified atom stereocenters. The molecule has 4 rings (SSSR count). The van der Waals surface area contributed by atoms with Gasteiger partial charge in [-0.15, -0.1) is 17.8 Å². The maximum atomic E-state index is 12.8. The Labute approximate surface area is 168 Å². The fraction of sp³-hybridized carbons (Fsp3) is 0.619. The van der Waals surface area contributed by atoms with Gasteiger partial charge in [0.2, 0.25) is 0 Å². The molecule has 0 saturated heterocycles. The van der Waals surface area contributed by atoms with Crippen LogP contribution in [0.4, 0.5) is 0 Å². The van der Waals surface area contributed by atoms with Gasteiger partial charge in [-0.25, -0.2) is 4.98 Å². The van der Waals surface area contributed by atoms with Crippen LogP contribution in [0.25, 0.3) is 10.2 Å². The Kier molecular flexibility index (Phi) is 5.83. The van der Waals surface area contributed by atoms with Crippen LogP contribution in [0.1, 0.15) is 42.5 Å². The van der Waals surface area contributed by atoms with E-state index in [9.17, 15) is 9.90 Å². The number of aliphatic hydroxyl groups is 1. The van der Waals surface area contributed by atoms with E-state index >= 15 is 0 Å². The number of rotatable bonds is 8. The van der Waals surface area contributed by atoms with Crippen LogP contribution < -0.4 is 5.56 Å². The smallest absolute Gasteiger partial charge is 0.259 e. The maximum Gasteiger partial charge on any atom is 0.259 e. The van der Waals surface area contributed by atoms with Gasteiger partial charge in [0.25, 0.3) is 5.56 Å². The van der Waals surface area contributed by atoms with Crippen LogP contribution in [-0.2, 0) is 24.1 Å². The molecule has 2 aliphatic rings. The normalized spacial score (nSPS) is 20.3. The molecular formula is C21H27N3O3S. The minimum atomic E-state index is -0.611. The van der Waals surface area contributed by atoms with Gasteiger partial charge >= 0.3 is 0 Å². The Bertz CT molecular complexity index is 941. The number of terminal acetylenes is 1. The fourth-order valence-corrected chi connectivity index (χ4v) is 5.42. The number of aryl methyl sites for hydroxylation is 1. The Hall–Kier alpha value is -1.72. The highest BCUT2D eigenvalue weighted by Crippen LogP contribution is 2.36. The number of aromatic nitrogens is 2. The second-order valence-corrected chi connectivity index (χ2v) is 9.16. The highest BCUT2D eigenvalue weighted by Gasteiger charge is 2.31. The van der Waals surface area contributed by atoms with E-state index in [-0.39, 0.29) is 18.8 Å². The standard InChI is InChI=1S/C21H27N3O3S/c1-3-8-27-12-15(25)10-24(14-5-6-14)11-18-22-20(26)19-16-7-4-13(2)9-17(16)28-21(19)23-18/h1,13-15,25H,4-12H2,2H3,(H,22,23,26)/t13-,15+/m1/s1. The second-order valence-electron chi connectivity index (χ2n) is 8.08. The fourth-order valence-electron chi connectivity index (χ4n) is 4.02. The molecule has 2 atom stereocenters. The molecule has 28 heavy (non-hydrogen) atoms. The van der Waals surface area contributed by atoms with E-state index in [0.717, 1.165) is 42.3 Å². The Morgan fingerprint density at radius 3 is 3.04 bits per heavy atom. The number of hydrogen-bond acceptors (Lipinski definition) is 6. The lowest BCUT2D eigenvalue weighted by molar-refractivity contribution is 0.0237. The number of nitrogens with one attached hydrogen (secondary N) is 1. The summed E-state index contributed by atoms with van der Waals surface area (Å²) in [5.41, 5.74) is 1.18. The molecule has 0 radical (unpaired) electrons. The van der Waals surface area contributed by atoms with E-state index in [1.807, 2.05) is 0 Å². The molecule has 0 amide bonds. The molecule has 2 N–H and O–H groups in total. The maximum absolute atomic E-state index is 12.8. The third-order valence-electron chi connectivity index (χ3n) is 5.57. The number of ether oxygens (including phenoxy) is 1. The van der Waals surface area contributed by atoms with Crippen LogP contribution in [-0.4, -0.2) is 51.9 Å². The third-order valence-corrected chi connectivity index (χ3v) is 6.72. The number of nitrogens with zero attached hydrogens (tertiary/aromatic N) is 2. The predicted molar refractivity (Wildman–Crippen MR) is 111 cm³/mol. The average Bonchev–Trinajstić information content (AvgIpc) is 3.42. The first-order valence-electron chi connectivity index (χ1n) is 10.0. The summed E-state index contributed by atoms with van der Waals surface area (Å²) in [7, 11) is 0. The number of thiophene rings is 1. The zero-order valence-corrected chi connectivity index (χ0v) is 17.1. The summed E-state index contributed by atoms with van der Waals surface area (Å²) < 4.78 is 5.24. The zero-order valence-electron chi connectivity index (χ0n) is 16.2. The van der Waals surface area contributed by atoms with E-state index in [2.05, 4.69) is 22.7 Å². The Morgan fingerprint density at radius 2 is 2.29 bits per heavy atom. The molecule has 2 aliphatic carbocycles. The Balaban J connectivity index is 1.51. The molecular weight excluding hydrogens is 374 g/mol. The first-order valence-corrected chi connectivity index (χ1v) is 10.8. The van der Waals surface area contributed by atoms with Crippen molar-refractivity contribution >= 4 is 21.6 Å². The lowest BCUT2D eigenvalue weighted by Gasteiger charge is -2.24. The molecule has 0 spiro atoms. The Morgan fingerprint density at radius 1 is 1.46 bits per heavy atom. The highest BCUT2D eigenvalue weighted by atomic mass is 32.1. The first kappa shape index (κ1) is 19.6. The molecule has 150 valence electrons. The number of fused-ring (bicyclic) bond motifs is 3. The van der Waals surface area contributed by atoms with E-state index in [0.29, 0.717) is 30.9 Å². The van der Waals surface area contributed by atoms with Crippen molar-refractivity contribution in [2.75, 3.05) is 19.8 Å². The highest BCUT2D eigenvalue weighted by molar-refractivity contribution is 7.18. The molecule has 2 heterocycles. The van der Waals surface area contributed by atoms with Crippen molar-refractivity contribution in [2.24, 2.45) is 5.92 Å². The molecule has 6 nitrogen and oxygen atoms in total.